The normalized spacial score (nSPS) is 29.2. The van der Waals surface area contributed by atoms with Gasteiger partial charge in [0, 0.05) is 24.8 Å². The Kier molecular flexibility index (Phi) is 4.39. The lowest BCUT2D eigenvalue weighted by atomic mass is 9.82. The molecule has 2 aromatic rings. The summed E-state index contributed by atoms with van der Waals surface area (Å²) in [6.45, 7) is 2.13. The highest BCUT2D eigenvalue weighted by Gasteiger charge is 2.48. The van der Waals surface area contributed by atoms with Gasteiger partial charge in [0.15, 0.2) is 5.82 Å². The van der Waals surface area contributed by atoms with E-state index in [-0.39, 0.29) is 17.9 Å². The summed E-state index contributed by atoms with van der Waals surface area (Å²) in [4.78, 5) is 24.8. The Bertz CT molecular complexity index is 955. The first kappa shape index (κ1) is 18.5. The molecule has 0 N–H and O–H groups in total. The fourth-order valence-corrected chi connectivity index (χ4v) is 5.74. The maximum absolute atomic E-state index is 13.1. The molecule has 30 heavy (non-hydrogen) atoms. The van der Waals surface area contributed by atoms with Crippen molar-refractivity contribution in [2.45, 2.75) is 56.3 Å². The van der Waals surface area contributed by atoms with Crippen LogP contribution < -0.4 is 0 Å². The van der Waals surface area contributed by atoms with Crippen LogP contribution in [0.3, 0.4) is 0 Å². The van der Waals surface area contributed by atoms with Crippen LogP contribution in [-0.2, 0) is 26.3 Å². The number of benzene rings is 1. The van der Waals surface area contributed by atoms with E-state index in [2.05, 4.69) is 4.98 Å². The first-order valence-electron chi connectivity index (χ1n) is 11.2. The molecule has 1 aromatic heterocycles. The molecule has 6 rings (SSSR count). The zero-order valence-corrected chi connectivity index (χ0v) is 17.1. The van der Waals surface area contributed by atoms with Crippen molar-refractivity contribution in [2.24, 2.45) is 5.92 Å². The van der Waals surface area contributed by atoms with Crippen LogP contribution in [-0.4, -0.2) is 52.7 Å². The molecule has 6 heteroatoms. The molecule has 0 radical (unpaired) electrons. The van der Waals surface area contributed by atoms with E-state index in [0.29, 0.717) is 12.7 Å². The molecule has 156 valence electrons. The van der Waals surface area contributed by atoms with Crippen LogP contribution in [0.2, 0.25) is 0 Å². The molecule has 0 saturated carbocycles. The number of nitrogens with zero attached hydrogens (tertiary/aromatic N) is 3. The molecule has 5 heterocycles. The summed E-state index contributed by atoms with van der Waals surface area (Å²) in [6, 6.07) is 10.1. The van der Waals surface area contributed by atoms with Gasteiger partial charge >= 0.3 is 0 Å². The summed E-state index contributed by atoms with van der Waals surface area (Å²) in [5.41, 5.74) is 2.83. The van der Waals surface area contributed by atoms with Crippen LogP contribution in [0.1, 0.15) is 43.4 Å². The van der Waals surface area contributed by atoms with E-state index >= 15 is 0 Å². The maximum Gasteiger partial charge on any atom is 0.228 e. The van der Waals surface area contributed by atoms with Crippen molar-refractivity contribution in [3.05, 3.63) is 47.8 Å². The standard InChI is InChI=1S/C24H27N3O3/c28-23(19-14-18-6-7-20(19)30-18)27-11-9-24(10-12-27)21-17(8-13-29-24)15-25-22(26-21)16-4-2-1-3-5-16/h1-5,15,18-20H,6-14H2/t18-,19+,20+/m0/s1. The summed E-state index contributed by atoms with van der Waals surface area (Å²) in [6.07, 6.45) is 7.90. The SMILES string of the molecule is O=C([C@@H]1C[C@@H]2CC[C@H]1O2)N1CCC2(CC1)OCCc1cnc(-c3ccccc3)nc12. The molecule has 2 bridgehead atoms. The fraction of sp³-hybridized carbons (Fsp3) is 0.542. The maximum atomic E-state index is 13.1. The molecule has 6 nitrogen and oxygen atoms in total. The summed E-state index contributed by atoms with van der Waals surface area (Å²) in [5.74, 6) is 1.09. The molecule has 4 aliphatic rings. The van der Waals surface area contributed by atoms with Crippen molar-refractivity contribution in [1.82, 2.24) is 14.9 Å². The highest BCUT2D eigenvalue weighted by Crippen LogP contribution is 2.43. The number of piperidine rings is 1. The van der Waals surface area contributed by atoms with Gasteiger partial charge in [0.25, 0.3) is 0 Å². The summed E-state index contributed by atoms with van der Waals surface area (Å²) < 4.78 is 12.3. The van der Waals surface area contributed by atoms with Crippen molar-refractivity contribution >= 4 is 5.91 Å². The molecule has 1 amide bonds. The first-order chi connectivity index (χ1) is 14.7. The third-order valence-electron chi connectivity index (χ3n) is 7.38. The van der Waals surface area contributed by atoms with E-state index in [1.54, 1.807) is 0 Å². The number of hydrogen-bond donors (Lipinski definition) is 0. The van der Waals surface area contributed by atoms with Crippen LogP contribution in [0.5, 0.6) is 0 Å². The Hall–Kier alpha value is -2.31. The average molecular weight is 405 g/mol. The molecule has 0 aliphatic carbocycles. The van der Waals surface area contributed by atoms with Gasteiger partial charge in [-0.25, -0.2) is 9.97 Å². The van der Waals surface area contributed by atoms with Crippen LogP contribution in [0.4, 0.5) is 0 Å². The minimum atomic E-state index is -0.401. The zero-order valence-electron chi connectivity index (χ0n) is 17.1. The van der Waals surface area contributed by atoms with Crippen LogP contribution in [0.15, 0.2) is 36.5 Å². The number of fused-ring (bicyclic) bond motifs is 4. The van der Waals surface area contributed by atoms with E-state index < -0.39 is 5.60 Å². The predicted octanol–water partition coefficient (Wildman–Crippen LogP) is 3.10. The van der Waals surface area contributed by atoms with Crippen molar-refractivity contribution in [3.8, 4) is 11.4 Å². The Morgan fingerprint density at radius 3 is 2.70 bits per heavy atom. The van der Waals surface area contributed by atoms with Gasteiger partial charge in [-0.1, -0.05) is 30.3 Å². The average Bonchev–Trinajstić information content (AvgIpc) is 3.44. The second-order valence-corrected chi connectivity index (χ2v) is 9.07. The van der Waals surface area contributed by atoms with Gasteiger partial charge in [0.2, 0.25) is 5.91 Å². The van der Waals surface area contributed by atoms with Crippen molar-refractivity contribution in [3.63, 3.8) is 0 Å². The Balaban J connectivity index is 1.23. The largest absolute Gasteiger partial charge is 0.374 e. The van der Waals surface area contributed by atoms with Crippen molar-refractivity contribution in [2.75, 3.05) is 19.7 Å². The minimum absolute atomic E-state index is 0.0596. The van der Waals surface area contributed by atoms with Gasteiger partial charge in [-0.3, -0.25) is 4.79 Å². The van der Waals surface area contributed by atoms with Gasteiger partial charge in [-0.05, 0) is 44.1 Å². The van der Waals surface area contributed by atoms with Crippen molar-refractivity contribution < 1.29 is 14.3 Å². The molecule has 1 aromatic carbocycles. The molecular formula is C24H27N3O3. The quantitative estimate of drug-likeness (QED) is 0.768. The number of amides is 1. The van der Waals surface area contributed by atoms with Gasteiger partial charge in [-0.15, -0.1) is 0 Å². The van der Waals surface area contributed by atoms with Crippen LogP contribution >= 0.6 is 0 Å². The second-order valence-electron chi connectivity index (χ2n) is 9.07. The number of hydrogen-bond acceptors (Lipinski definition) is 5. The zero-order chi connectivity index (χ0) is 20.1. The van der Waals surface area contributed by atoms with E-state index in [1.807, 2.05) is 41.4 Å². The number of aromatic nitrogens is 2. The minimum Gasteiger partial charge on any atom is -0.374 e. The Labute approximate surface area is 176 Å². The van der Waals surface area contributed by atoms with Gasteiger partial charge < -0.3 is 14.4 Å². The number of likely N-dealkylation sites (tertiary alicyclic amines) is 1. The van der Waals surface area contributed by atoms with Gasteiger partial charge in [0.05, 0.1) is 30.4 Å². The third-order valence-corrected chi connectivity index (χ3v) is 7.38. The molecule has 3 fully saturated rings. The van der Waals surface area contributed by atoms with E-state index in [1.165, 1.54) is 5.56 Å². The highest BCUT2D eigenvalue weighted by molar-refractivity contribution is 5.80. The van der Waals surface area contributed by atoms with E-state index in [0.717, 1.165) is 68.7 Å². The summed E-state index contributed by atoms with van der Waals surface area (Å²) in [7, 11) is 0. The Morgan fingerprint density at radius 1 is 1.13 bits per heavy atom. The Morgan fingerprint density at radius 2 is 1.97 bits per heavy atom. The molecule has 0 unspecified atom stereocenters. The molecular weight excluding hydrogens is 378 g/mol. The van der Waals surface area contributed by atoms with Gasteiger partial charge in [-0.2, -0.15) is 0 Å². The van der Waals surface area contributed by atoms with Crippen LogP contribution in [0, 0.1) is 5.92 Å². The van der Waals surface area contributed by atoms with Crippen LogP contribution in [0.25, 0.3) is 11.4 Å². The van der Waals surface area contributed by atoms with E-state index in [9.17, 15) is 4.79 Å². The first-order valence-corrected chi connectivity index (χ1v) is 11.2. The molecule has 3 saturated heterocycles. The highest BCUT2D eigenvalue weighted by atomic mass is 16.5. The number of carbonyl (C=O) groups excluding carboxylic acids is 1. The van der Waals surface area contributed by atoms with E-state index in [4.69, 9.17) is 14.5 Å². The molecule has 1 spiro atoms. The molecule has 4 aliphatic heterocycles. The predicted molar refractivity (Wildman–Crippen MR) is 111 cm³/mol. The topological polar surface area (TPSA) is 64.5 Å². The van der Waals surface area contributed by atoms with Gasteiger partial charge in [0.1, 0.15) is 5.60 Å². The lowest BCUT2D eigenvalue weighted by Gasteiger charge is -2.44. The fourth-order valence-electron chi connectivity index (χ4n) is 5.74. The second kappa shape index (κ2) is 7.13. The lowest BCUT2D eigenvalue weighted by Crippen LogP contribution is -2.51. The smallest absolute Gasteiger partial charge is 0.228 e. The number of rotatable bonds is 2. The number of carbonyl (C=O) groups is 1. The number of ether oxygens (including phenoxy) is 2. The molecule has 3 atom stereocenters. The third kappa shape index (κ3) is 2.96. The monoisotopic (exact) mass is 405 g/mol. The van der Waals surface area contributed by atoms with Crippen molar-refractivity contribution in [1.29, 1.82) is 0 Å². The summed E-state index contributed by atoms with van der Waals surface area (Å²) >= 11 is 0. The lowest BCUT2D eigenvalue weighted by molar-refractivity contribution is -0.146. The summed E-state index contributed by atoms with van der Waals surface area (Å²) in [5, 5.41) is 0.